The molecule has 0 spiro atoms. The van der Waals surface area contributed by atoms with Crippen LogP contribution in [0.2, 0.25) is 0 Å². The molecular weight excluding hydrogens is 541 g/mol. The second kappa shape index (κ2) is 11.2. The second-order valence-corrected chi connectivity index (χ2v) is 9.61. The van der Waals surface area contributed by atoms with E-state index in [0.717, 1.165) is 11.3 Å². The summed E-state index contributed by atoms with van der Waals surface area (Å²) in [5.41, 5.74) is 2.55. The normalized spacial score (nSPS) is 13.0. The number of nitrogens with one attached hydrogen (secondary N) is 1. The zero-order valence-corrected chi connectivity index (χ0v) is 22.8. The van der Waals surface area contributed by atoms with Gasteiger partial charge in [-0.2, -0.15) is 5.10 Å². The van der Waals surface area contributed by atoms with E-state index >= 15 is 4.39 Å². The number of aryl methyl sites for hydroxylation is 1. The highest BCUT2D eigenvalue weighted by Crippen LogP contribution is 2.37. The van der Waals surface area contributed by atoms with Gasteiger partial charge in [0.2, 0.25) is 11.8 Å². The van der Waals surface area contributed by atoms with Gasteiger partial charge >= 0.3 is 0 Å². The first kappa shape index (κ1) is 26.7. The quantitative estimate of drug-likeness (QED) is 0.246. The molecule has 1 aliphatic rings. The average Bonchev–Trinajstić information content (AvgIpc) is 3.42. The number of carbonyl (C=O) groups is 1. The van der Waals surface area contributed by atoms with Crippen LogP contribution < -0.4 is 19.5 Å². The van der Waals surface area contributed by atoms with Gasteiger partial charge in [0.25, 0.3) is 0 Å². The Labute approximate surface area is 240 Å². The Balaban J connectivity index is 1.21. The van der Waals surface area contributed by atoms with E-state index in [1.165, 1.54) is 25.6 Å². The monoisotopic (exact) mass is 567 g/mol. The summed E-state index contributed by atoms with van der Waals surface area (Å²) in [5, 5.41) is 7.94. The lowest BCUT2D eigenvalue weighted by Crippen LogP contribution is -2.55. The molecule has 0 aliphatic carbocycles. The SMILES string of the molecule is C=CC(=O)N1CC(Oc2cc3c(Nc4ccc(Oc5cc(-n6cc(C)cn6)ccn5)cc4F)ncnc3cc2OC)C1. The molecule has 6 rings (SSSR count). The standard InChI is InChI=1S/C30H26FN7O4/c1-4-29(39)37-15-21(16-37)41-27-11-22-25(12-26(27)40-3)33-17-34-30(22)36-24-6-5-20(10-23(24)31)42-28-9-19(7-8-32-28)38-14-18(2)13-35-38/h4-14,17,21H,1,15-16H2,2-3H3,(H,33,34,36). The predicted octanol–water partition coefficient (Wildman–Crippen LogP) is 4.98. The van der Waals surface area contributed by atoms with Crippen LogP contribution in [-0.2, 0) is 4.79 Å². The summed E-state index contributed by atoms with van der Waals surface area (Å²) in [6, 6.07) is 11.4. The average molecular weight is 568 g/mol. The molecule has 0 saturated carbocycles. The Kier molecular flexibility index (Phi) is 7.09. The van der Waals surface area contributed by atoms with E-state index < -0.39 is 5.82 Å². The van der Waals surface area contributed by atoms with Gasteiger partial charge in [-0.3, -0.25) is 4.79 Å². The summed E-state index contributed by atoms with van der Waals surface area (Å²) in [4.78, 5) is 26.3. The van der Waals surface area contributed by atoms with Gasteiger partial charge in [-0.05, 0) is 42.8 Å². The molecule has 1 saturated heterocycles. The fourth-order valence-corrected chi connectivity index (χ4v) is 4.48. The van der Waals surface area contributed by atoms with Crippen molar-refractivity contribution in [3.8, 4) is 28.8 Å². The molecule has 0 atom stereocenters. The van der Waals surface area contributed by atoms with Gasteiger partial charge in [0.1, 0.15) is 29.8 Å². The molecule has 0 bridgehead atoms. The zero-order valence-electron chi connectivity index (χ0n) is 22.8. The van der Waals surface area contributed by atoms with E-state index in [1.807, 2.05) is 13.1 Å². The van der Waals surface area contributed by atoms with Crippen molar-refractivity contribution in [3.05, 3.63) is 91.4 Å². The molecule has 1 amide bonds. The van der Waals surface area contributed by atoms with Crippen molar-refractivity contribution in [2.75, 3.05) is 25.5 Å². The van der Waals surface area contributed by atoms with Crippen LogP contribution in [0.3, 0.4) is 0 Å². The number of fused-ring (bicyclic) bond motifs is 1. The minimum absolute atomic E-state index is 0.146. The number of hydrogen-bond donors (Lipinski definition) is 1. The lowest BCUT2D eigenvalue weighted by Gasteiger charge is -2.38. The van der Waals surface area contributed by atoms with Crippen LogP contribution in [0, 0.1) is 12.7 Å². The molecule has 4 heterocycles. The molecule has 2 aromatic carbocycles. The van der Waals surface area contributed by atoms with Crippen molar-refractivity contribution in [2.45, 2.75) is 13.0 Å². The number of pyridine rings is 1. The summed E-state index contributed by atoms with van der Waals surface area (Å²) < 4.78 is 34.4. The Morgan fingerprint density at radius 3 is 2.71 bits per heavy atom. The summed E-state index contributed by atoms with van der Waals surface area (Å²) in [6.07, 6.45) is 7.69. The van der Waals surface area contributed by atoms with E-state index in [0.29, 0.717) is 47.2 Å². The molecule has 5 aromatic rings. The van der Waals surface area contributed by atoms with E-state index in [-0.39, 0.29) is 23.4 Å². The summed E-state index contributed by atoms with van der Waals surface area (Å²) in [5.74, 6) is 1.19. The van der Waals surface area contributed by atoms with Crippen LogP contribution in [0.25, 0.3) is 16.6 Å². The topological polar surface area (TPSA) is 117 Å². The number of methoxy groups -OCH3 is 1. The third kappa shape index (κ3) is 5.42. The maximum absolute atomic E-state index is 15.2. The molecule has 1 N–H and O–H groups in total. The van der Waals surface area contributed by atoms with Crippen molar-refractivity contribution in [3.63, 3.8) is 0 Å². The highest BCUT2D eigenvalue weighted by molar-refractivity contribution is 5.93. The Hall–Kier alpha value is -5.52. The maximum Gasteiger partial charge on any atom is 0.246 e. The van der Waals surface area contributed by atoms with Gasteiger partial charge < -0.3 is 24.4 Å². The molecule has 0 unspecified atom stereocenters. The maximum atomic E-state index is 15.2. The number of ether oxygens (including phenoxy) is 3. The number of rotatable bonds is 9. The molecule has 0 radical (unpaired) electrons. The van der Waals surface area contributed by atoms with Crippen molar-refractivity contribution >= 4 is 28.3 Å². The van der Waals surface area contributed by atoms with Crippen molar-refractivity contribution in [2.24, 2.45) is 0 Å². The van der Waals surface area contributed by atoms with E-state index in [4.69, 9.17) is 14.2 Å². The molecule has 3 aromatic heterocycles. The first-order valence-corrected chi connectivity index (χ1v) is 13.0. The van der Waals surface area contributed by atoms with Crippen LogP contribution in [0.15, 0.2) is 80.0 Å². The third-order valence-corrected chi connectivity index (χ3v) is 6.66. The number of halogens is 1. The zero-order chi connectivity index (χ0) is 29.2. The number of likely N-dealkylation sites (tertiary alicyclic amines) is 1. The molecule has 212 valence electrons. The van der Waals surface area contributed by atoms with E-state index in [2.05, 4.69) is 31.9 Å². The molecular formula is C30H26FN7O4. The fraction of sp³-hybridized carbons (Fsp3) is 0.167. The Morgan fingerprint density at radius 2 is 1.98 bits per heavy atom. The summed E-state index contributed by atoms with van der Waals surface area (Å²) >= 11 is 0. The number of benzene rings is 2. The largest absolute Gasteiger partial charge is 0.493 e. The Morgan fingerprint density at radius 1 is 1.12 bits per heavy atom. The third-order valence-electron chi connectivity index (χ3n) is 6.66. The fourth-order valence-electron chi connectivity index (χ4n) is 4.48. The van der Waals surface area contributed by atoms with Crippen LogP contribution >= 0.6 is 0 Å². The smallest absolute Gasteiger partial charge is 0.246 e. The number of carbonyl (C=O) groups excluding carboxylic acids is 1. The summed E-state index contributed by atoms with van der Waals surface area (Å²) in [7, 11) is 1.53. The molecule has 12 heteroatoms. The second-order valence-electron chi connectivity index (χ2n) is 9.61. The lowest BCUT2D eigenvalue weighted by molar-refractivity contribution is -0.134. The first-order valence-electron chi connectivity index (χ1n) is 13.0. The first-order chi connectivity index (χ1) is 20.4. The Bertz CT molecular complexity index is 1800. The molecule has 11 nitrogen and oxygen atoms in total. The van der Waals surface area contributed by atoms with Crippen LogP contribution in [0.1, 0.15) is 5.56 Å². The van der Waals surface area contributed by atoms with Gasteiger partial charge in [0.05, 0.1) is 43.3 Å². The van der Waals surface area contributed by atoms with Gasteiger partial charge in [-0.1, -0.05) is 6.58 Å². The van der Waals surface area contributed by atoms with E-state index in [1.54, 1.807) is 58.4 Å². The number of amides is 1. The number of hydrogen-bond acceptors (Lipinski definition) is 9. The van der Waals surface area contributed by atoms with Crippen LogP contribution in [0.4, 0.5) is 15.9 Å². The minimum Gasteiger partial charge on any atom is -0.493 e. The molecule has 1 aliphatic heterocycles. The number of anilines is 2. The lowest BCUT2D eigenvalue weighted by atomic mass is 10.1. The summed E-state index contributed by atoms with van der Waals surface area (Å²) in [6.45, 7) is 6.33. The minimum atomic E-state index is -0.551. The number of aromatic nitrogens is 5. The van der Waals surface area contributed by atoms with Crippen LogP contribution in [-0.4, -0.2) is 61.8 Å². The molecule has 42 heavy (non-hydrogen) atoms. The van der Waals surface area contributed by atoms with Gasteiger partial charge in [-0.25, -0.2) is 24.0 Å². The highest BCUT2D eigenvalue weighted by Gasteiger charge is 2.31. The molecule has 1 fully saturated rings. The highest BCUT2D eigenvalue weighted by atomic mass is 19.1. The van der Waals surface area contributed by atoms with Crippen molar-refractivity contribution < 1.29 is 23.4 Å². The van der Waals surface area contributed by atoms with Crippen molar-refractivity contribution in [1.29, 1.82) is 0 Å². The van der Waals surface area contributed by atoms with E-state index in [9.17, 15) is 4.79 Å². The van der Waals surface area contributed by atoms with Crippen molar-refractivity contribution in [1.82, 2.24) is 29.6 Å². The van der Waals surface area contributed by atoms with Gasteiger partial charge in [0.15, 0.2) is 11.5 Å². The van der Waals surface area contributed by atoms with Crippen LogP contribution in [0.5, 0.6) is 23.1 Å². The van der Waals surface area contributed by atoms with Gasteiger partial charge in [-0.15, -0.1) is 0 Å². The predicted molar refractivity (Wildman–Crippen MR) is 153 cm³/mol. The number of nitrogens with zero attached hydrogens (tertiary/aromatic N) is 6. The van der Waals surface area contributed by atoms with Gasteiger partial charge in [0, 0.05) is 36.0 Å².